The lowest BCUT2D eigenvalue weighted by atomic mass is 9.72. The largest absolute Gasteiger partial charge is 0.511 e. The summed E-state index contributed by atoms with van der Waals surface area (Å²) >= 11 is 6.69. The average molecular weight is 426 g/mol. The molecule has 0 heterocycles. The maximum atomic E-state index is 12.6. The fourth-order valence-corrected chi connectivity index (χ4v) is 4.74. The Kier molecular flexibility index (Phi) is 6.62. The van der Waals surface area contributed by atoms with Crippen LogP contribution in [-0.2, 0) is 4.79 Å². The van der Waals surface area contributed by atoms with Crippen molar-refractivity contribution in [1.82, 2.24) is 0 Å². The SMILES string of the molecule is CC(=O)/C(=C(/O)C1(C)CCCCC1)c1cc(Cl)c(-c2ccc(N(C)C)cc2)cc1C. The first kappa shape index (κ1) is 22.4. The minimum atomic E-state index is -0.348. The third-order valence-corrected chi connectivity index (χ3v) is 6.71. The smallest absolute Gasteiger partial charge is 0.163 e. The second-order valence-corrected chi connectivity index (χ2v) is 9.40. The summed E-state index contributed by atoms with van der Waals surface area (Å²) in [6, 6.07) is 12.1. The van der Waals surface area contributed by atoms with E-state index in [2.05, 4.69) is 36.1 Å². The van der Waals surface area contributed by atoms with Crippen molar-refractivity contribution >= 4 is 28.6 Å². The molecule has 2 aromatic carbocycles. The Morgan fingerprint density at radius 3 is 2.20 bits per heavy atom. The number of hydrogen-bond donors (Lipinski definition) is 1. The molecule has 0 bridgehead atoms. The number of aliphatic hydroxyl groups is 1. The fourth-order valence-electron chi connectivity index (χ4n) is 4.47. The minimum absolute atomic E-state index is 0.124. The molecule has 0 saturated heterocycles. The molecule has 1 aliphatic rings. The normalized spacial score (nSPS) is 16.7. The molecule has 3 rings (SSSR count). The molecule has 1 fully saturated rings. The number of allylic oxidation sites excluding steroid dienone is 2. The van der Waals surface area contributed by atoms with Crippen LogP contribution >= 0.6 is 11.6 Å². The lowest BCUT2D eigenvalue weighted by molar-refractivity contribution is -0.112. The number of ketones is 1. The number of rotatable bonds is 5. The molecule has 0 unspecified atom stereocenters. The topological polar surface area (TPSA) is 40.5 Å². The molecular formula is C26H32ClNO2. The van der Waals surface area contributed by atoms with Crippen LogP contribution in [0.1, 0.15) is 57.1 Å². The first-order chi connectivity index (χ1) is 14.1. The Morgan fingerprint density at radius 2 is 1.67 bits per heavy atom. The molecule has 1 N–H and O–H groups in total. The van der Waals surface area contributed by atoms with E-state index in [1.165, 1.54) is 13.3 Å². The third kappa shape index (κ3) is 4.41. The summed E-state index contributed by atoms with van der Waals surface area (Å²) in [6.07, 6.45) is 5.14. The second-order valence-electron chi connectivity index (χ2n) is 8.99. The first-order valence-electron chi connectivity index (χ1n) is 10.7. The van der Waals surface area contributed by atoms with Crippen LogP contribution in [0.3, 0.4) is 0 Å². The molecule has 4 heteroatoms. The average Bonchev–Trinajstić information content (AvgIpc) is 2.70. The van der Waals surface area contributed by atoms with Crippen molar-refractivity contribution in [1.29, 1.82) is 0 Å². The molecule has 0 spiro atoms. The van der Waals surface area contributed by atoms with Gasteiger partial charge in [0.1, 0.15) is 5.76 Å². The Labute approximate surface area is 185 Å². The van der Waals surface area contributed by atoms with Crippen molar-refractivity contribution in [3.05, 3.63) is 58.3 Å². The van der Waals surface area contributed by atoms with E-state index in [0.29, 0.717) is 10.6 Å². The van der Waals surface area contributed by atoms with Gasteiger partial charge >= 0.3 is 0 Å². The van der Waals surface area contributed by atoms with Gasteiger partial charge in [0.25, 0.3) is 0 Å². The number of halogens is 1. The highest BCUT2D eigenvalue weighted by atomic mass is 35.5. The molecule has 1 saturated carbocycles. The van der Waals surface area contributed by atoms with Gasteiger partial charge in [0.05, 0.1) is 5.57 Å². The summed E-state index contributed by atoms with van der Waals surface area (Å²) in [6.45, 7) is 5.57. The molecule has 160 valence electrons. The monoisotopic (exact) mass is 425 g/mol. The lowest BCUT2D eigenvalue weighted by Gasteiger charge is -2.34. The van der Waals surface area contributed by atoms with Crippen LogP contribution in [0, 0.1) is 12.3 Å². The van der Waals surface area contributed by atoms with Crippen LogP contribution in [0.25, 0.3) is 16.7 Å². The Hall–Kier alpha value is -2.26. The van der Waals surface area contributed by atoms with E-state index in [0.717, 1.165) is 53.6 Å². The van der Waals surface area contributed by atoms with Gasteiger partial charge in [-0.2, -0.15) is 0 Å². The number of aryl methyl sites for hydroxylation is 1. The van der Waals surface area contributed by atoms with Crippen molar-refractivity contribution in [2.45, 2.75) is 52.9 Å². The number of anilines is 1. The maximum absolute atomic E-state index is 12.6. The number of hydrogen-bond acceptors (Lipinski definition) is 3. The number of carbonyl (C=O) groups is 1. The highest BCUT2D eigenvalue weighted by Crippen LogP contribution is 2.45. The Balaban J connectivity index is 2.08. The number of Topliss-reactive ketones (excluding diaryl/α,β-unsaturated/α-hetero) is 1. The molecule has 2 aromatic rings. The maximum Gasteiger partial charge on any atom is 0.163 e. The van der Waals surface area contributed by atoms with Gasteiger partial charge in [-0.3, -0.25) is 4.79 Å². The number of aliphatic hydroxyl groups excluding tert-OH is 1. The van der Waals surface area contributed by atoms with E-state index in [1.54, 1.807) is 0 Å². The zero-order chi connectivity index (χ0) is 22.1. The Morgan fingerprint density at radius 1 is 1.07 bits per heavy atom. The molecule has 0 aromatic heterocycles. The van der Waals surface area contributed by atoms with Crippen LogP contribution in [0.2, 0.25) is 5.02 Å². The molecule has 3 nitrogen and oxygen atoms in total. The molecule has 1 aliphatic carbocycles. The van der Waals surface area contributed by atoms with Gasteiger partial charge in [0, 0.05) is 35.8 Å². The molecule has 0 atom stereocenters. The van der Waals surface area contributed by atoms with E-state index >= 15 is 0 Å². The van der Waals surface area contributed by atoms with Crippen molar-refractivity contribution in [2.24, 2.45) is 5.41 Å². The minimum Gasteiger partial charge on any atom is -0.511 e. The molecule has 0 amide bonds. The number of nitrogens with zero attached hydrogens (tertiary/aromatic N) is 1. The van der Waals surface area contributed by atoms with Crippen LogP contribution in [-0.4, -0.2) is 25.0 Å². The van der Waals surface area contributed by atoms with Gasteiger partial charge in [0.15, 0.2) is 5.78 Å². The summed E-state index contributed by atoms with van der Waals surface area (Å²) in [5.41, 5.74) is 4.79. The number of benzene rings is 2. The van der Waals surface area contributed by atoms with Crippen molar-refractivity contribution in [3.63, 3.8) is 0 Å². The van der Waals surface area contributed by atoms with Crippen molar-refractivity contribution in [2.75, 3.05) is 19.0 Å². The van der Waals surface area contributed by atoms with Gasteiger partial charge in [-0.15, -0.1) is 0 Å². The molecule has 30 heavy (non-hydrogen) atoms. The third-order valence-electron chi connectivity index (χ3n) is 6.40. The van der Waals surface area contributed by atoms with Crippen LogP contribution in [0.4, 0.5) is 5.69 Å². The van der Waals surface area contributed by atoms with Crippen LogP contribution < -0.4 is 4.90 Å². The highest BCUT2D eigenvalue weighted by molar-refractivity contribution is 6.34. The molecule has 0 aliphatic heterocycles. The summed E-state index contributed by atoms with van der Waals surface area (Å²) < 4.78 is 0. The summed E-state index contributed by atoms with van der Waals surface area (Å²) in [7, 11) is 4.02. The van der Waals surface area contributed by atoms with E-state index < -0.39 is 0 Å². The fraction of sp³-hybridized carbons (Fsp3) is 0.423. The van der Waals surface area contributed by atoms with Crippen LogP contribution in [0.5, 0.6) is 0 Å². The summed E-state index contributed by atoms with van der Waals surface area (Å²) in [5, 5.41) is 11.8. The van der Waals surface area contributed by atoms with Gasteiger partial charge in [-0.05, 0) is 67.6 Å². The highest BCUT2D eigenvalue weighted by Gasteiger charge is 2.35. The number of carbonyl (C=O) groups excluding carboxylic acids is 1. The van der Waals surface area contributed by atoms with Crippen molar-refractivity contribution in [3.8, 4) is 11.1 Å². The lowest BCUT2D eigenvalue weighted by Crippen LogP contribution is -2.25. The zero-order valence-corrected chi connectivity index (χ0v) is 19.4. The molecular weight excluding hydrogens is 394 g/mol. The summed E-state index contributed by atoms with van der Waals surface area (Å²) in [4.78, 5) is 14.7. The van der Waals surface area contributed by atoms with Gasteiger partial charge in [-0.1, -0.05) is 49.9 Å². The van der Waals surface area contributed by atoms with Crippen LogP contribution in [0.15, 0.2) is 42.2 Å². The van der Waals surface area contributed by atoms with E-state index in [1.807, 2.05) is 33.2 Å². The second kappa shape index (κ2) is 8.85. The predicted octanol–water partition coefficient (Wildman–Crippen LogP) is 7.21. The van der Waals surface area contributed by atoms with Gasteiger partial charge in [-0.25, -0.2) is 0 Å². The predicted molar refractivity (Wildman–Crippen MR) is 127 cm³/mol. The quantitative estimate of drug-likeness (QED) is 0.406. The zero-order valence-electron chi connectivity index (χ0n) is 18.7. The van der Waals surface area contributed by atoms with E-state index in [4.69, 9.17) is 11.6 Å². The van der Waals surface area contributed by atoms with Gasteiger partial charge in [0.2, 0.25) is 0 Å². The Bertz CT molecular complexity index is 967. The van der Waals surface area contributed by atoms with Crippen molar-refractivity contribution < 1.29 is 9.90 Å². The van der Waals surface area contributed by atoms with Gasteiger partial charge < -0.3 is 10.0 Å². The first-order valence-corrected chi connectivity index (χ1v) is 11.0. The molecule has 0 radical (unpaired) electrons. The standard InChI is InChI=1S/C26H32ClNO2/c1-17-15-22(19-9-11-20(12-10-19)28(4)5)23(27)16-21(17)24(18(2)29)25(30)26(3)13-7-6-8-14-26/h9-12,15-16,30H,6-8,13-14H2,1-5H3/b25-24-. The van der Waals surface area contributed by atoms with E-state index in [-0.39, 0.29) is 17.0 Å². The van der Waals surface area contributed by atoms with E-state index in [9.17, 15) is 9.90 Å². The summed E-state index contributed by atoms with van der Waals surface area (Å²) in [5.74, 6) is 0.0958.